The highest BCUT2D eigenvalue weighted by atomic mass is 35.5. The number of ether oxygens (including phenoxy) is 2. The molecule has 0 atom stereocenters. The second-order valence-corrected chi connectivity index (χ2v) is 19.2. The van der Waals surface area contributed by atoms with Gasteiger partial charge < -0.3 is 63.5 Å². The van der Waals surface area contributed by atoms with Gasteiger partial charge in [0.15, 0.2) is 0 Å². The van der Waals surface area contributed by atoms with Crippen molar-refractivity contribution >= 4 is 70.2 Å². The number of carbonyl (C=O) groups excluding carboxylic acids is 2. The number of benzene rings is 6. The predicted octanol–water partition coefficient (Wildman–Crippen LogP) is 9.98. The summed E-state index contributed by atoms with van der Waals surface area (Å²) < 4.78 is 11.8. The standard InChI is InChI=1S/2C30H33ClN8O2/c1-21(32)33-16-5-6-17-34-27(40)24-10-7-11-26(18-24)36-29-37-28(35-19-22-12-14-25(31)15-13-22)38-30(39-29)41-20-23-8-3-2-4-9-23;1-21(32)33-17-5-6-18-34-27(40)24-11-15-26(16-12-24)36-29-37-28(35-19-22-9-13-25(31)14-10-22)38-30(39-29)41-20-23-7-3-2-4-8-23/h2-4,7-15,18,33H,1,5-6,16-17,19-20,32H2,(H,34,40)(H2,35,36,37,38,39);2-4,7-16,33H,1,5-6,17-20,32H2,(H,34,40)(H2,35,36,37,38,39). The van der Waals surface area contributed by atoms with Crippen molar-refractivity contribution < 1.29 is 19.1 Å². The normalized spacial score (nSPS) is 10.5. The molecule has 0 aliphatic heterocycles. The number of hydrogen-bond acceptors (Lipinski definition) is 18. The molecule has 2 amide bonds. The third-order valence-corrected chi connectivity index (χ3v) is 12.1. The molecule has 82 heavy (non-hydrogen) atoms. The van der Waals surface area contributed by atoms with Crippen LogP contribution in [-0.4, -0.2) is 67.9 Å². The van der Waals surface area contributed by atoms with Crippen molar-refractivity contribution in [1.29, 1.82) is 0 Å². The fourth-order valence-electron chi connectivity index (χ4n) is 7.43. The van der Waals surface area contributed by atoms with Gasteiger partial charge in [-0.3, -0.25) is 9.59 Å². The zero-order valence-corrected chi connectivity index (χ0v) is 46.6. The van der Waals surface area contributed by atoms with E-state index >= 15 is 0 Å². The van der Waals surface area contributed by atoms with Gasteiger partial charge in [-0.1, -0.05) is 127 Å². The molecule has 8 aromatic rings. The molecule has 424 valence electrons. The zero-order chi connectivity index (χ0) is 57.7. The minimum absolute atomic E-state index is 0.141. The summed E-state index contributed by atoms with van der Waals surface area (Å²) >= 11 is 12.0. The summed E-state index contributed by atoms with van der Waals surface area (Å²) in [6.07, 6.45) is 3.37. The maximum absolute atomic E-state index is 12.7. The quantitative estimate of drug-likeness (QED) is 0.0187. The molecule has 2 aromatic heterocycles. The minimum Gasteiger partial charge on any atom is -0.458 e. The smallest absolute Gasteiger partial charge is 0.323 e. The van der Waals surface area contributed by atoms with E-state index in [1.807, 2.05) is 115 Å². The Labute approximate surface area is 487 Å². The maximum atomic E-state index is 12.7. The van der Waals surface area contributed by atoms with Crippen LogP contribution in [0.2, 0.25) is 10.0 Å². The number of hydrogen-bond donors (Lipinski definition) is 10. The number of anilines is 6. The van der Waals surface area contributed by atoms with Gasteiger partial charge in [-0.2, -0.15) is 29.9 Å². The highest BCUT2D eigenvalue weighted by molar-refractivity contribution is 6.30. The summed E-state index contributed by atoms with van der Waals surface area (Å²) in [5, 5.41) is 25.9. The van der Waals surface area contributed by atoms with Gasteiger partial charge in [0.05, 0.1) is 11.6 Å². The SMILES string of the molecule is C=C(N)NCCCCNC(=O)c1ccc(Nc2nc(NCc3ccc(Cl)cc3)nc(OCc3ccccc3)n2)cc1.C=C(N)NCCCCNC(=O)c1cccc(Nc2nc(NCc3ccc(Cl)cc3)nc(OCc3ccccc3)n2)c1. The van der Waals surface area contributed by atoms with Crippen LogP contribution in [0.3, 0.4) is 0 Å². The lowest BCUT2D eigenvalue weighted by atomic mass is 10.2. The number of unbranched alkanes of at least 4 members (excludes halogenated alkanes) is 2. The fourth-order valence-corrected chi connectivity index (χ4v) is 7.68. The second-order valence-electron chi connectivity index (χ2n) is 18.3. The average molecular weight is 1150 g/mol. The van der Waals surface area contributed by atoms with E-state index in [4.69, 9.17) is 44.1 Å². The van der Waals surface area contributed by atoms with E-state index in [-0.39, 0.29) is 29.8 Å². The highest BCUT2D eigenvalue weighted by Crippen LogP contribution is 2.22. The Morgan fingerprint density at radius 1 is 0.427 bits per heavy atom. The number of halogens is 2. The molecule has 8 rings (SSSR count). The predicted molar refractivity (Wildman–Crippen MR) is 324 cm³/mol. The van der Waals surface area contributed by atoms with Gasteiger partial charge in [0, 0.05) is 71.8 Å². The lowest BCUT2D eigenvalue weighted by Crippen LogP contribution is -2.26. The van der Waals surface area contributed by atoms with E-state index in [9.17, 15) is 9.59 Å². The molecule has 0 unspecified atom stereocenters. The molecular formula is C60H66Cl2N16O4. The van der Waals surface area contributed by atoms with Crippen molar-refractivity contribution in [3.05, 3.63) is 226 Å². The van der Waals surface area contributed by atoms with Crippen LogP contribution in [0.4, 0.5) is 35.2 Å². The molecule has 6 aromatic carbocycles. The third-order valence-electron chi connectivity index (χ3n) is 11.6. The molecule has 0 spiro atoms. The Bertz CT molecular complexity index is 3290. The Kier molecular flexibility index (Phi) is 23.7. The third kappa shape index (κ3) is 21.9. The second kappa shape index (κ2) is 32.4. The Balaban J connectivity index is 0.000000236. The molecule has 0 fully saturated rings. The van der Waals surface area contributed by atoms with E-state index in [2.05, 4.69) is 85.6 Å². The summed E-state index contributed by atoms with van der Waals surface area (Å²) in [6.45, 7) is 11.3. The summed E-state index contributed by atoms with van der Waals surface area (Å²) in [4.78, 5) is 51.9. The Morgan fingerprint density at radius 2 is 0.841 bits per heavy atom. The lowest BCUT2D eigenvalue weighted by Gasteiger charge is -2.12. The summed E-state index contributed by atoms with van der Waals surface area (Å²) in [5.41, 5.74) is 17.4. The van der Waals surface area contributed by atoms with Crippen LogP contribution in [-0.2, 0) is 26.3 Å². The van der Waals surface area contributed by atoms with Gasteiger partial charge in [0.2, 0.25) is 23.8 Å². The van der Waals surface area contributed by atoms with Crippen molar-refractivity contribution in [2.75, 3.05) is 47.4 Å². The minimum atomic E-state index is -0.169. The Hall–Kier alpha value is -9.66. The van der Waals surface area contributed by atoms with Crippen molar-refractivity contribution in [2.45, 2.75) is 52.0 Å². The molecule has 0 saturated carbocycles. The first-order chi connectivity index (χ1) is 39.9. The van der Waals surface area contributed by atoms with Gasteiger partial charge in [-0.05, 0) is 115 Å². The number of nitrogens with one attached hydrogen (secondary N) is 8. The number of aromatic nitrogens is 6. The monoisotopic (exact) mass is 1140 g/mol. The van der Waals surface area contributed by atoms with E-state index in [0.717, 1.165) is 54.5 Å². The summed E-state index contributed by atoms with van der Waals surface area (Å²) in [6, 6.07) is 49.1. The van der Waals surface area contributed by atoms with Gasteiger partial charge in [0.25, 0.3) is 11.8 Å². The van der Waals surface area contributed by atoms with Gasteiger partial charge >= 0.3 is 12.0 Å². The number of rotatable bonds is 30. The van der Waals surface area contributed by atoms with E-state index < -0.39 is 0 Å². The van der Waals surface area contributed by atoms with Crippen LogP contribution in [0.1, 0.15) is 68.7 Å². The van der Waals surface area contributed by atoms with Crippen LogP contribution in [0.25, 0.3) is 0 Å². The van der Waals surface area contributed by atoms with E-state index in [1.54, 1.807) is 42.5 Å². The number of nitrogens with two attached hydrogens (primary N) is 2. The van der Waals surface area contributed by atoms with Gasteiger partial charge in [0.1, 0.15) is 13.2 Å². The van der Waals surface area contributed by atoms with Crippen LogP contribution < -0.4 is 63.5 Å². The van der Waals surface area contributed by atoms with Gasteiger partial charge in [-0.25, -0.2) is 0 Å². The molecule has 0 radical (unpaired) electrons. The van der Waals surface area contributed by atoms with Crippen molar-refractivity contribution in [1.82, 2.24) is 51.2 Å². The fraction of sp³-hybridized carbons (Fsp3) is 0.200. The number of carbonyl (C=O) groups is 2. The molecule has 2 heterocycles. The van der Waals surface area contributed by atoms with E-state index in [1.165, 1.54) is 0 Å². The van der Waals surface area contributed by atoms with Crippen LogP contribution in [0.15, 0.2) is 183 Å². The largest absolute Gasteiger partial charge is 0.458 e. The van der Waals surface area contributed by atoms with Crippen LogP contribution >= 0.6 is 23.2 Å². The van der Waals surface area contributed by atoms with Gasteiger partial charge in [-0.15, -0.1) is 0 Å². The van der Waals surface area contributed by atoms with Crippen LogP contribution in [0.5, 0.6) is 12.0 Å². The van der Waals surface area contributed by atoms with Crippen LogP contribution in [0, 0.1) is 0 Å². The molecule has 22 heteroatoms. The summed E-state index contributed by atoms with van der Waals surface area (Å²) in [5.74, 6) is 1.83. The first-order valence-electron chi connectivity index (χ1n) is 26.4. The number of nitrogens with zero attached hydrogens (tertiary/aromatic N) is 6. The van der Waals surface area contributed by atoms with Crippen molar-refractivity contribution in [2.24, 2.45) is 11.5 Å². The molecule has 0 aliphatic rings. The van der Waals surface area contributed by atoms with Crippen molar-refractivity contribution in [3.8, 4) is 12.0 Å². The molecule has 0 saturated heterocycles. The van der Waals surface area contributed by atoms with E-state index in [0.29, 0.717) is 108 Å². The summed E-state index contributed by atoms with van der Waals surface area (Å²) in [7, 11) is 0. The molecular weight excluding hydrogens is 1080 g/mol. The molecule has 0 bridgehead atoms. The molecule has 20 nitrogen and oxygen atoms in total. The number of amides is 2. The highest BCUT2D eigenvalue weighted by Gasteiger charge is 2.14. The average Bonchev–Trinajstić information content (AvgIpc) is 3.55. The first-order valence-corrected chi connectivity index (χ1v) is 27.1. The zero-order valence-electron chi connectivity index (χ0n) is 45.1. The Morgan fingerprint density at radius 3 is 1.29 bits per heavy atom. The molecule has 12 N–H and O–H groups in total. The lowest BCUT2D eigenvalue weighted by molar-refractivity contribution is 0.0945. The van der Waals surface area contributed by atoms with Crippen molar-refractivity contribution in [3.63, 3.8) is 0 Å². The maximum Gasteiger partial charge on any atom is 0.323 e. The first kappa shape index (κ1) is 60.0. The molecule has 0 aliphatic carbocycles. The topological polar surface area (TPSA) is 278 Å².